The molecule has 0 unspecified atom stereocenters. The Morgan fingerprint density at radius 3 is 2.64 bits per heavy atom. The van der Waals surface area contributed by atoms with Crippen LogP contribution >= 0.6 is 11.3 Å². The predicted octanol–water partition coefficient (Wildman–Crippen LogP) is 5.18. The number of hydrogen-bond acceptors (Lipinski definition) is 7. The second kappa shape index (κ2) is 7.16. The largest absolute Gasteiger partial charge is 0.431 e. The van der Waals surface area contributed by atoms with Gasteiger partial charge in [-0.05, 0) is 24.6 Å². The van der Waals surface area contributed by atoms with E-state index in [0.717, 1.165) is 16.7 Å². The van der Waals surface area contributed by atoms with Gasteiger partial charge in [-0.15, -0.1) is 11.3 Å². The molecule has 0 spiro atoms. The Morgan fingerprint density at radius 2 is 1.93 bits per heavy atom. The lowest BCUT2D eigenvalue weighted by atomic mass is 10.0. The molecule has 0 fully saturated rings. The number of thiophene rings is 1. The molecule has 4 aromatic rings. The van der Waals surface area contributed by atoms with Crippen LogP contribution in [0, 0.1) is 17.0 Å². The van der Waals surface area contributed by atoms with Crippen LogP contribution in [0.3, 0.4) is 0 Å². The lowest BCUT2D eigenvalue weighted by molar-refractivity contribution is -0.385. The summed E-state index contributed by atoms with van der Waals surface area (Å²) in [5.74, 6) is 0.237. The number of aldehydes is 1. The van der Waals surface area contributed by atoms with E-state index < -0.39 is 4.92 Å². The number of nitro groups is 1. The van der Waals surface area contributed by atoms with Crippen molar-refractivity contribution in [3.63, 3.8) is 0 Å². The average molecular weight is 391 g/mol. The Labute approximate surface area is 163 Å². The van der Waals surface area contributed by atoms with Gasteiger partial charge in [-0.3, -0.25) is 14.9 Å². The van der Waals surface area contributed by atoms with Gasteiger partial charge in [0, 0.05) is 22.6 Å². The van der Waals surface area contributed by atoms with E-state index >= 15 is 0 Å². The van der Waals surface area contributed by atoms with Crippen LogP contribution in [0.5, 0.6) is 11.6 Å². The Bertz CT molecular complexity index is 1200. The van der Waals surface area contributed by atoms with Gasteiger partial charge in [-0.2, -0.15) is 0 Å². The van der Waals surface area contributed by atoms with Crippen LogP contribution in [-0.4, -0.2) is 21.2 Å². The molecule has 0 amide bonds. The Kier molecular flexibility index (Phi) is 4.54. The van der Waals surface area contributed by atoms with E-state index in [1.54, 1.807) is 0 Å². The van der Waals surface area contributed by atoms with Crippen molar-refractivity contribution in [2.45, 2.75) is 6.92 Å². The third-order valence-corrected chi connectivity index (χ3v) is 5.11. The summed E-state index contributed by atoms with van der Waals surface area (Å²) >= 11 is 1.44. The molecule has 0 aliphatic heterocycles. The first kappa shape index (κ1) is 17.7. The van der Waals surface area contributed by atoms with E-state index in [2.05, 4.69) is 9.97 Å². The predicted molar refractivity (Wildman–Crippen MR) is 106 cm³/mol. The fourth-order valence-electron chi connectivity index (χ4n) is 2.81. The number of benzene rings is 2. The van der Waals surface area contributed by atoms with E-state index in [0.29, 0.717) is 16.5 Å². The number of nitro benzene ring substituents is 1. The molecule has 138 valence electrons. The Balaban J connectivity index is 1.84. The molecule has 2 heterocycles. The van der Waals surface area contributed by atoms with Crippen molar-refractivity contribution in [1.82, 2.24) is 9.97 Å². The third kappa shape index (κ3) is 3.21. The molecule has 0 saturated carbocycles. The average Bonchev–Trinajstić information content (AvgIpc) is 3.14. The van der Waals surface area contributed by atoms with Gasteiger partial charge >= 0.3 is 5.69 Å². The maximum absolute atomic E-state index is 11.4. The molecule has 0 aliphatic rings. The molecule has 0 saturated heterocycles. The molecule has 0 N–H and O–H groups in total. The summed E-state index contributed by atoms with van der Waals surface area (Å²) in [6, 6.07) is 12.0. The summed E-state index contributed by atoms with van der Waals surface area (Å²) in [6.07, 6.45) is 1.91. The molecule has 28 heavy (non-hydrogen) atoms. The standard InChI is InChI=1S/C20H13N3O4S/c1-12-2-5-14(6-3-12)15-10-28-20-18(15)19(21-11-22-20)27-17-7-4-13(9-24)8-16(17)23(25)26/h2-11H,1H3. The molecule has 0 bridgehead atoms. The van der Waals surface area contributed by atoms with Crippen molar-refractivity contribution < 1.29 is 14.5 Å². The van der Waals surface area contributed by atoms with Gasteiger partial charge in [0.1, 0.15) is 17.4 Å². The molecule has 0 radical (unpaired) electrons. The normalized spacial score (nSPS) is 10.8. The van der Waals surface area contributed by atoms with Crippen molar-refractivity contribution >= 4 is 33.5 Å². The molecule has 4 rings (SSSR count). The van der Waals surface area contributed by atoms with Crippen molar-refractivity contribution in [1.29, 1.82) is 0 Å². The molecule has 0 aliphatic carbocycles. The first-order chi connectivity index (χ1) is 13.6. The number of carbonyl (C=O) groups is 1. The number of hydrogen-bond donors (Lipinski definition) is 0. The van der Waals surface area contributed by atoms with Gasteiger partial charge in [0.2, 0.25) is 11.6 Å². The van der Waals surface area contributed by atoms with Gasteiger partial charge in [-0.25, -0.2) is 9.97 Å². The van der Waals surface area contributed by atoms with Crippen LogP contribution in [0.4, 0.5) is 5.69 Å². The van der Waals surface area contributed by atoms with Crippen molar-refractivity contribution in [2.75, 3.05) is 0 Å². The summed E-state index contributed by atoms with van der Waals surface area (Å²) in [6.45, 7) is 2.01. The van der Waals surface area contributed by atoms with Crippen molar-refractivity contribution in [3.05, 3.63) is 75.4 Å². The summed E-state index contributed by atoms with van der Waals surface area (Å²) in [5.41, 5.74) is 2.90. The maximum Gasteiger partial charge on any atom is 0.312 e. The van der Waals surface area contributed by atoms with Crippen LogP contribution in [0.1, 0.15) is 15.9 Å². The minimum absolute atomic E-state index is 0.0108. The topological polar surface area (TPSA) is 95.2 Å². The van der Waals surface area contributed by atoms with E-state index in [-0.39, 0.29) is 22.9 Å². The number of ether oxygens (including phenoxy) is 1. The first-order valence-corrected chi connectivity index (χ1v) is 9.15. The fraction of sp³-hybridized carbons (Fsp3) is 0.0500. The molecule has 2 aromatic heterocycles. The van der Waals surface area contributed by atoms with Gasteiger partial charge in [0.15, 0.2) is 0 Å². The van der Waals surface area contributed by atoms with E-state index in [1.165, 1.54) is 35.9 Å². The minimum atomic E-state index is -0.588. The molecule has 7 nitrogen and oxygen atoms in total. The van der Waals surface area contributed by atoms with Gasteiger partial charge in [-0.1, -0.05) is 29.8 Å². The van der Waals surface area contributed by atoms with Gasteiger partial charge in [0.05, 0.1) is 10.3 Å². The number of carbonyl (C=O) groups excluding carboxylic acids is 1. The molecular weight excluding hydrogens is 378 g/mol. The zero-order valence-corrected chi connectivity index (χ0v) is 15.5. The molecule has 2 aromatic carbocycles. The summed E-state index contributed by atoms with van der Waals surface area (Å²) in [7, 11) is 0. The highest BCUT2D eigenvalue weighted by Crippen LogP contribution is 2.40. The number of aromatic nitrogens is 2. The second-order valence-electron chi connectivity index (χ2n) is 6.08. The number of rotatable bonds is 5. The van der Waals surface area contributed by atoms with Crippen molar-refractivity contribution in [3.8, 4) is 22.8 Å². The van der Waals surface area contributed by atoms with E-state index in [9.17, 15) is 14.9 Å². The SMILES string of the molecule is Cc1ccc(-c2csc3ncnc(Oc4ccc(C=O)cc4[N+](=O)[O-])c23)cc1. The van der Waals surface area contributed by atoms with Crippen LogP contribution in [-0.2, 0) is 0 Å². The minimum Gasteiger partial charge on any atom is -0.431 e. The summed E-state index contributed by atoms with van der Waals surface area (Å²) in [4.78, 5) is 30.9. The number of aryl methyl sites for hydroxylation is 1. The zero-order valence-electron chi connectivity index (χ0n) is 14.7. The summed E-state index contributed by atoms with van der Waals surface area (Å²) < 4.78 is 5.83. The third-order valence-electron chi connectivity index (χ3n) is 4.22. The van der Waals surface area contributed by atoms with Crippen molar-refractivity contribution in [2.24, 2.45) is 0 Å². The van der Waals surface area contributed by atoms with Crippen LogP contribution in [0.2, 0.25) is 0 Å². The lowest BCUT2D eigenvalue weighted by Gasteiger charge is -2.08. The highest BCUT2D eigenvalue weighted by molar-refractivity contribution is 7.17. The number of nitrogens with zero attached hydrogens (tertiary/aromatic N) is 3. The lowest BCUT2D eigenvalue weighted by Crippen LogP contribution is -1.97. The maximum atomic E-state index is 11.4. The highest BCUT2D eigenvalue weighted by atomic mass is 32.1. The summed E-state index contributed by atoms with van der Waals surface area (Å²) in [5, 5.41) is 14.0. The Hall–Kier alpha value is -3.65. The fourth-order valence-corrected chi connectivity index (χ4v) is 3.72. The number of fused-ring (bicyclic) bond motifs is 1. The second-order valence-corrected chi connectivity index (χ2v) is 6.94. The van der Waals surface area contributed by atoms with Crippen LogP contribution in [0.25, 0.3) is 21.3 Å². The van der Waals surface area contributed by atoms with Crippen LogP contribution < -0.4 is 4.74 Å². The quantitative estimate of drug-likeness (QED) is 0.264. The smallest absolute Gasteiger partial charge is 0.312 e. The van der Waals surface area contributed by atoms with Gasteiger partial charge in [0.25, 0.3) is 0 Å². The van der Waals surface area contributed by atoms with Crippen LogP contribution in [0.15, 0.2) is 54.2 Å². The zero-order chi connectivity index (χ0) is 19.7. The first-order valence-electron chi connectivity index (χ1n) is 8.27. The highest BCUT2D eigenvalue weighted by Gasteiger charge is 2.20. The van der Waals surface area contributed by atoms with E-state index in [4.69, 9.17) is 4.74 Å². The Morgan fingerprint density at radius 1 is 1.14 bits per heavy atom. The van der Waals surface area contributed by atoms with E-state index in [1.807, 2.05) is 36.6 Å². The molecule has 0 atom stereocenters. The molecular formula is C20H13N3O4S. The molecule has 8 heteroatoms. The monoisotopic (exact) mass is 391 g/mol. The van der Waals surface area contributed by atoms with Gasteiger partial charge < -0.3 is 4.74 Å².